The zero-order valence-electron chi connectivity index (χ0n) is 14.4. The maximum Gasteiger partial charge on any atom is 0.252 e. The molecule has 4 rings (SSSR count). The van der Waals surface area contributed by atoms with Crippen LogP contribution in [0, 0.1) is 5.92 Å². The molecule has 1 amide bonds. The molecular formula is C17H15BrClN3O3S3. The van der Waals surface area contributed by atoms with Gasteiger partial charge in [0.05, 0.1) is 14.6 Å². The molecule has 1 aromatic carbocycles. The number of piperidine rings is 1. The normalized spacial score (nSPS) is 16.5. The molecule has 3 aromatic rings. The molecular weight excluding hydrogens is 506 g/mol. The third-order valence-electron chi connectivity index (χ3n) is 4.55. The van der Waals surface area contributed by atoms with Crippen LogP contribution >= 0.6 is 50.2 Å². The number of thiazole rings is 1. The number of benzene rings is 1. The highest BCUT2D eigenvalue weighted by atomic mass is 79.9. The zero-order chi connectivity index (χ0) is 19.9. The van der Waals surface area contributed by atoms with Crippen LogP contribution in [0.3, 0.4) is 0 Å². The van der Waals surface area contributed by atoms with E-state index in [4.69, 9.17) is 11.6 Å². The quantitative estimate of drug-likeness (QED) is 0.535. The minimum Gasteiger partial charge on any atom is -0.302 e. The predicted molar refractivity (Wildman–Crippen MR) is 117 cm³/mol. The van der Waals surface area contributed by atoms with Crippen LogP contribution in [0.25, 0.3) is 10.2 Å². The second-order valence-electron chi connectivity index (χ2n) is 6.36. The van der Waals surface area contributed by atoms with Gasteiger partial charge in [-0.3, -0.25) is 4.79 Å². The Labute approximate surface area is 183 Å². The van der Waals surface area contributed by atoms with Crippen LogP contribution in [0.4, 0.5) is 5.13 Å². The summed E-state index contributed by atoms with van der Waals surface area (Å²) in [6.07, 6.45) is 0.946. The zero-order valence-corrected chi connectivity index (χ0v) is 19.2. The number of hydrogen-bond acceptors (Lipinski definition) is 6. The molecule has 1 aliphatic rings. The molecule has 11 heteroatoms. The molecule has 0 atom stereocenters. The van der Waals surface area contributed by atoms with Gasteiger partial charge in [-0.05, 0) is 43.2 Å². The highest BCUT2D eigenvalue weighted by Crippen LogP contribution is 2.32. The summed E-state index contributed by atoms with van der Waals surface area (Å²) in [6.45, 7) is 0.617. The Balaban J connectivity index is 1.39. The highest BCUT2D eigenvalue weighted by molar-refractivity contribution is 9.10. The van der Waals surface area contributed by atoms with Crippen LogP contribution in [-0.4, -0.2) is 36.7 Å². The van der Waals surface area contributed by atoms with Crippen LogP contribution in [0.1, 0.15) is 12.8 Å². The molecule has 0 unspecified atom stereocenters. The number of carbonyl (C=O) groups is 1. The molecule has 0 radical (unpaired) electrons. The van der Waals surface area contributed by atoms with Gasteiger partial charge in [0.15, 0.2) is 5.13 Å². The first-order valence-corrected chi connectivity index (χ1v) is 12.7. The van der Waals surface area contributed by atoms with Crippen molar-refractivity contribution in [2.75, 3.05) is 18.4 Å². The van der Waals surface area contributed by atoms with E-state index in [1.165, 1.54) is 21.7 Å². The molecule has 28 heavy (non-hydrogen) atoms. The first-order chi connectivity index (χ1) is 13.3. The van der Waals surface area contributed by atoms with Crippen molar-refractivity contribution >= 4 is 81.5 Å². The smallest absolute Gasteiger partial charge is 0.252 e. The Morgan fingerprint density at radius 1 is 1.21 bits per heavy atom. The summed E-state index contributed by atoms with van der Waals surface area (Å²) in [4.78, 5) is 17.0. The fourth-order valence-electron chi connectivity index (χ4n) is 3.08. The summed E-state index contributed by atoms with van der Waals surface area (Å²) < 4.78 is 29.4. The monoisotopic (exact) mass is 519 g/mol. The number of aromatic nitrogens is 1. The largest absolute Gasteiger partial charge is 0.302 e. The van der Waals surface area contributed by atoms with Gasteiger partial charge in [-0.25, -0.2) is 13.4 Å². The summed E-state index contributed by atoms with van der Waals surface area (Å²) in [7, 11) is -3.55. The standard InChI is InChI=1S/C17H15BrClN3O3S3/c18-11-1-2-12-13(9-11)26-17(20-12)21-16(23)10-5-7-22(8-6-10)28(24,25)15-4-3-14(19)27-15/h1-4,9-10H,5-8H2,(H,20,21,23). The Morgan fingerprint density at radius 2 is 1.96 bits per heavy atom. The van der Waals surface area contributed by atoms with E-state index in [1.807, 2.05) is 18.2 Å². The van der Waals surface area contributed by atoms with Gasteiger partial charge < -0.3 is 5.32 Å². The molecule has 0 bridgehead atoms. The summed E-state index contributed by atoms with van der Waals surface area (Å²) >= 11 is 11.8. The number of carbonyl (C=O) groups excluding carboxylic acids is 1. The van der Waals surface area contributed by atoms with Crippen LogP contribution in [0.5, 0.6) is 0 Å². The van der Waals surface area contributed by atoms with Crippen LogP contribution in [0.15, 0.2) is 39.0 Å². The van der Waals surface area contributed by atoms with E-state index in [0.717, 1.165) is 26.0 Å². The van der Waals surface area contributed by atoms with E-state index in [9.17, 15) is 13.2 Å². The number of anilines is 1. The van der Waals surface area contributed by atoms with Crippen molar-refractivity contribution in [2.45, 2.75) is 17.1 Å². The summed E-state index contributed by atoms with van der Waals surface area (Å²) in [5, 5.41) is 3.44. The van der Waals surface area contributed by atoms with Gasteiger partial charge in [-0.15, -0.1) is 11.3 Å². The topological polar surface area (TPSA) is 79.4 Å². The molecule has 0 saturated carbocycles. The number of amides is 1. The molecule has 1 fully saturated rings. The number of sulfonamides is 1. The lowest BCUT2D eigenvalue weighted by molar-refractivity contribution is -0.120. The lowest BCUT2D eigenvalue weighted by Gasteiger charge is -2.29. The van der Waals surface area contributed by atoms with Crippen LogP contribution < -0.4 is 5.32 Å². The van der Waals surface area contributed by atoms with E-state index >= 15 is 0 Å². The van der Waals surface area contributed by atoms with Crippen molar-refractivity contribution in [1.82, 2.24) is 9.29 Å². The third-order valence-corrected chi connectivity index (χ3v) is 9.57. The number of nitrogens with zero attached hydrogens (tertiary/aromatic N) is 2. The first kappa shape index (κ1) is 20.2. The van der Waals surface area contributed by atoms with Gasteiger partial charge in [0.1, 0.15) is 4.21 Å². The molecule has 0 aliphatic carbocycles. The predicted octanol–water partition coefficient (Wildman–Crippen LogP) is 4.81. The minimum atomic E-state index is -3.55. The van der Waals surface area contributed by atoms with Gasteiger partial charge in [-0.2, -0.15) is 4.31 Å². The molecule has 1 saturated heterocycles. The van der Waals surface area contributed by atoms with Crippen molar-refractivity contribution in [2.24, 2.45) is 5.92 Å². The van der Waals surface area contributed by atoms with Crippen LogP contribution in [-0.2, 0) is 14.8 Å². The van der Waals surface area contributed by atoms with E-state index < -0.39 is 10.0 Å². The van der Waals surface area contributed by atoms with E-state index in [1.54, 1.807) is 6.07 Å². The number of rotatable bonds is 4. The van der Waals surface area contributed by atoms with Crippen molar-refractivity contribution in [1.29, 1.82) is 0 Å². The third kappa shape index (κ3) is 4.12. The Morgan fingerprint density at radius 3 is 2.64 bits per heavy atom. The van der Waals surface area contributed by atoms with Gasteiger partial charge in [0.25, 0.3) is 10.0 Å². The van der Waals surface area contributed by atoms with Crippen molar-refractivity contribution in [3.05, 3.63) is 39.1 Å². The average Bonchev–Trinajstić information content (AvgIpc) is 3.27. The minimum absolute atomic E-state index is 0.116. The lowest BCUT2D eigenvalue weighted by atomic mass is 9.97. The summed E-state index contributed by atoms with van der Waals surface area (Å²) in [6, 6.07) is 8.86. The second kappa shape index (κ2) is 8.00. The van der Waals surface area contributed by atoms with E-state index in [2.05, 4.69) is 26.2 Å². The highest BCUT2D eigenvalue weighted by Gasteiger charge is 2.33. The Hall–Kier alpha value is -1.04. The molecule has 148 valence electrons. The van der Waals surface area contributed by atoms with Gasteiger partial charge in [0, 0.05) is 23.5 Å². The van der Waals surface area contributed by atoms with E-state index in [-0.39, 0.29) is 16.0 Å². The van der Waals surface area contributed by atoms with Gasteiger partial charge in [-0.1, -0.05) is 38.9 Å². The van der Waals surface area contributed by atoms with Crippen molar-refractivity contribution < 1.29 is 13.2 Å². The van der Waals surface area contributed by atoms with Crippen LogP contribution in [0.2, 0.25) is 4.34 Å². The molecule has 6 nitrogen and oxygen atoms in total. The fraction of sp³-hybridized carbons (Fsp3) is 0.294. The number of nitrogens with one attached hydrogen (secondary N) is 1. The molecule has 1 aliphatic heterocycles. The number of halogens is 2. The molecule has 1 N–H and O–H groups in total. The van der Waals surface area contributed by atoms with Gasteiger partial charge in [0.2, 0.25) is 5.91 Å². The van der Waals surface area contributed by atoms with E-state index in [0.29, 0.717) is 35.4 Å². The first-order valence-electron chi connectivity index (χ1n) is 8.45. The fourth-order valence-corrected chi connectivity index (χ4v) is 7.61. The maximum absolute atomic E-state index is 12.7. The summed E-state index contributed by atoms with van der Waals surface area (Å²) in [5.41, 5.74) is 0.832. The maximum atomic E-state index is 12.7. The number of hydrogen-bond donors (Lipinski definition) is 1. The Bertz CT molecular complexity index is 1140. The second-order valence-corrected chi connectivity index (χ2v) is 12.2. The average molecular weight is 521 g/mol. The van der Waals surface area contributed by atoms with Crippen molar-refractivity contribution in [3.8, 4) is 0 Å². The molecule has 2 aromatic heterocycles. The number of thiophene rings is 1. The summed E-state index contributed by atoms with van der Waals surface area (Å²) in [5.74, 6) is -0.355. The van der Waals surface area contributed by atoms with Gasteiger partial charge >= 0.3 is 0 Å². The lowest BCUT2D eigenvalue weighted by Crippen LogP contribution is -2.41. The number of fused-ring (bicyclic) bond motifs is 1. The molecule has 0 spiro atoms. The SMILES string of the molecule is O=C(Nc1nc2ccc(Br)cc2s1)C1CCN(S(=O)(=O)c2ccc(Cl)s2)CC1. The molecule has 3 heterocycles. The Kier molecular flexibility index (Phi) is 5.78. The van der Waals surface area contributed by atoms with Crippen molar-refractivity contribution in [3.63, 3.8) is 0 Å².